The molecule has 1 N–H and O–H groups in total. The topological polar surface area (TPSA) is 86.1 Å². The second-order valence-electron chi connectivity index (χ2n) is 7.24. The van der Waals surface area contributed by atoms with Crippen molar-refractivity contribution >= 4 is 29.2 Å². The average molecular weight is 427 g/mol. The number of amides is 1. The van der Waals surface area contributed by atoms with Gasteiger partial charge in [-0.15, -0.1) is 0 Å². The fraction of sp³-hybridized carbons (Fsp3) is 0.273. The van der Waals surface area contributed by atoms with Crippen LogP contribution in [0, 0.1) is 13.8 Å². The first-order chi connectivity index (χ1) is 14.2. The SMILES string of the molecule is Cc1cc(C)n(-c2ccc(Cl)c(C(=O)OCC(=O)Nc3cccc(C(C)C)c3)n2)n1. The molecule has 1 aromatic carbocycles. The Bertz CT molecular complexity index is 1090. The minimum atomic E-state index is -0.783. The quantitative estimate of drug-likeness (QED) is 0.588. The normalized spacial score (nSPS) is 10.9. The number of carbonyl (C=O) groups is 2. The van der Waals surface area contributed by atoms with Crippen LogP contribution in [0.15, 0.2) is 42.5 Å². The van der Waals surface area contributed by atoms with Crippen LogP contribution in [0.1, 0.15) is 47.2 Å². The summed E-state index contributed by atoms with van der Waals surface area (Å²) in [5.74, 6) is -0.459. The van der Waals surface area contributed by atoms with Crippen LogP contribution in [-0.2, 0) is 9.53 Å². The van der Waals surface area contributed by atoms with Crippen molar-refractivity contribution in [2.45, 2.75) is 33.6 Å². The van der Waals surface area contributed by atoms with E-state index in [1.807, 2.05) is 38.1 Å². The third-order valence-corrected chi connectivity index (χ3v) is 4.73. The maximum absolute atomic E-state index is 12.5. The minimum absolute atomic E-state index is 0.0728. The van der Waals surface area contributed by atoms with E-state index < -0.39 is 18.5 Å². The second-order valence-corrected chi connectivity index (χ2v) is 7.65. The molecule has 0 aliphatic rings. The molecule has 1 amide bonds. The number of nitrogens with zero attached hydrogens (tertiary/aromatic N) is 3. The number of aromatic nitrogens is 3. The van der Waals surface area contributed by atoms with Crippen molar-refractivity contribution < 1.29 is 14.3 Å². The van der Waals surface area contributed by atoms with Gasteiger partial charge in [0.05, 0.1) is 10.7 Å². The van der Waals surface area contributed by atoms with Gasteiger partial charge in [0, 0.05) is 11.4 Å². The third-order valence-electron chi connectivity index (χ3n) is 4.42. The monoisotopic (exact) mass is 426 g/mol. The fourth-order valence-corrected chi connectivity index (χ4v) is 3.11. The van der Waals surface area contributed by atoms with Gasteiger partial charge in [-0.1, -0.05) is 37.6 Å². The summed E-state index contributed by atoms with van der Waals surface area (Å²) in [7, 11) is 0. The van der Waals surface area contributed by atoms with Crippen LogP contribution >= 0.6 is 11.6 Å². The number of anilines is 1. The lowest BCUT2D eigenvalue weighted by atomic mass is 10.0. The first-order valence-corrected chi connectivity index (χ1v) is 9.89. The van der Waals surface area contributed by atoms with Crippen molar-refractivity contribution in [2.75, 3.05) is 11.9 Å². The lowest BCUT2D eigenvalue weighted by Gasteiger charge is -2.10. The number of rotatable bonds is 6. The van der Waals surface area contributed by atoms with Crippen molar-refractivity contribution in [3.05, 3.63) is 70.1 Å². The number of ether oxygens (including phenoxy) is 1. The summed E-state index contributed by atoms with van der Waals surface area (Å²) in [4.78, 5) is 28.9. The van der Waals surface area contributed by atoms with E-state index in [0.29, 0.717) is 17.4 Å². The van der Waals surface area contributed by atoms with Gasteiger partial charge in [0.2, 0.25) is 0 Å². The minimum Gasteiger partial charge on any atom is -0.451 e. The molecule has 0 radical (unpaired) electrons. The summed E-state index contributed by atoms with van der Waals surface area (Å²) in [6, 6.07) is 12.6. The number of hydrogen-bond donors (Lipinski definition) is 1. The number of halogens is 1. The van der Waals surface area contributed by atoms with E-state index in [4.69, 9.17) is 16.3 Å². The molecule has 7 nitrogen and oxygen atoms in total. The van der Waals surface area contributed by atoms with Gasteiger partial charge in [-0.05, 0) is 55.7 Å². The molecule has 0 fully saturated rings. The van der Waals surface area contributed by atoms with E-state index >= 15 is 0 Å². The van der Waals surface area contributed by atoms with E-state index in [0.717, 1.165) is 17.0 Å². The van der Waals surface area contributed by atoms with E-state index in [1.165, 1.54) is 0 Å². The Morgan fingerprint density at radius 1 is 1.17 bits per heavy atom. The van der Waals surface area contributed by atoms with Crippen molar-refractivity contribution in [3.8, 4) is 5.82 Å². The molecule has 0 aliphatic heterocycles. The lowest BCUT2D eigenvalue weighted by molar-refractivity contribution is -0.119. The molecule has 156 valence electrons. The number of pyridine rings is 1. The zero-order valence-electron chi connectivity index (χ0n) is 17.3. The number of benzene rings is 1. The average Bonchev–Trinajstić information content (AvgIpc) is 3.04. The Hall–Kier alpha value is -3.19. The van der Waals surface area contributed by atoms with Gasteiger partial charge in [-0.25, -0.2) is 14.5 Å². The van der Waals surface area contributed by atoms with Crippen molar-refractivity contribution in [3.63, 3.8) is 0 Å². The number of aryl methyl sites for hydroxylation is 2. The summed E-state index contributed by atoms with van der Waals surface area (Å²) in [6.07, 6.45) is 0. The molecule has 2 aromatic heterocycles. The highest BCUT2D eigenvalue weighted by Crippen LogP contribution is 2.20. The molecule has 0 atom stereocenters. The number of hydrogen-bond acceptors (Lipinski definition) is 5. The largest absolute Gasteiger partial charge is 0.451 e. The van der Waals surface area contributed by atoms with Crippen LogP contribution in [0.4, 0.5) is 5.69 Å². The van der Waals surface area contributed by atoms with Gasteiger partial charge in [-0.2, -0.15) is 5.10 Å². The molecule has 0 bridgehead atoms. The van der Waals surface area contributed by atoms with Crippen LogP contribution in [0.2, 0.25) is 5.02 Å². The maximum Gasteiger partial charge on any atom is 0.359 e. The Kier molecular flexibility index (Phi) is 6.52. The first kappa shape index (κ1) is 21.5. The van der Waals surface area contributed by atoms with Gasteiger partial charge < -0.3 is 10.1 Å². The van der Waals surface area contributed by atoms with Gasteiger partial charge in [0.15, 0.2) is 18.1 Å². The lowest BCUT2D eigenvalue weighted by Crippen LogP contribution is -2.22. The molecule has 3 aromatic rings. The molecule has 0 aliphatic carbocycles. The Labute approximate surface area is 180 Å². The molecular formula is C22H23ClN4O3. The van der Waals surface area contributed by atoms with Gasteiger partial charge in [0.25, 0.3) is 5.91 Å². The predicted octanol–water partition coefficient (Wildman–Crippen LogP) is 4.46. The van der Waals surface area contributed by atoms with Crippen LogP contribution in [0.25, 0.3) is 5.82 Å². The van der Waals surface area contributed by atoms with Crippen molar-refractivity contribution in [1.82, 2.24) is 14.8 Å². The second kappa shape index (κ2) is 9.09. The molecule has 0 unspecified atom stereocenters. The van der Waals surface area contributed by atoms with E-state index in [1.54, 1.807) is 22.9 Å². The molecule has 2 heterocycles. The van der Waals surface area contributed by atoms with Crippen LogP contribution in [-0.4, -0.2) is 33.2 Å². The van der Waals surface area contributed by atoms with Crippen LogP contribution in [0.5, 0.6) is 0 Å². The summed E-state index contributed by atoms with van der Waals surface area (Å²) in [5, 5.41) is 7.20. The highest BCUT2D eigenvalue weighted by molar-refractivity contribution is 6.33. The molecule has 0 spiro atoms. The van der Waals surface area contributed by atoms with Gasteiger partial charge >= 0.3 is 5.97 Å². The smallest absolute Gasteiger partial charge is 0.359 e. The Morgan fingerprint density at radius 3 is 2.60 bits per heavy atom. The summed E-state index contributed by atoms with van der Waals surface area (Å²) >= 11 is 6.12. The fourth-order valence-electron chi connectivity index (χ4n) is 2.93. The zero-order chi connectivity index (χ0) is 21.8. The number of esters is 1. The molecule has 0 saturated heterocycles. The number of carbonyl (C=O) groups excluding carboxylic acids is 2. The molecule has 3 rings (SSSR count). The summed E-state index contributed by atoms with van der Waals surface area (Å²) in [6.45, 7) is 7.43. The van der Waals surface area contributed by atoms with Crippen LogP contribution in [0.3, 0.4) is 0 Å². The first-order valence-electron chi connectivity index (χ1n) is 9.51. The molecular weight excluding hydrogens is 404 g/mol. The predicted molar refractivity (Wildman–Crippen MR) is 115 cm³/mol. The Morgan fingerprint density at radius 2 is 1.93 bits per heavy atom. The third kappa shape index (κ3) is 5.04. The highest BCUT2D eigenvalue weighted by Gasteiger charge is 2.18. The molecule has 30 heavy (non-hydrogen) atoms. The maximum atomic E-state index is 12.5. The molecule has 8 heteroatoms. The van der Waals surface area contributed by atoms with Crippen molar-refractivity contribution in [1.29, 1.82) is 0 Å². The van der Waals surface area contributed by atoms with E-state index in [9.17, 15) is 9.59 Å². The van der Waals surface area contributed by atoms with E-state index in [-0.39, 0.29) is 10.7 Å². The van der Waals surface area contributed by atoms with E-state index in [2.05, 4.69) is 29.2 Å². The summed E-state index contributed by atoms with van der Waals surface area (Å²) < 4.78 is 6.73. The number of nitrogens with one attached hydrogen (secondary N) is 1. The molecule has 0 saturated carbocycles. The van der Waals surface area contributed by atoms with Crippen molar-refractivity contribution in [2.24, 2.45) is 0 Å². The summed E-state index contributed by atoms with van der Waals surface area (Å²) in [5.41, 5.74) is 3.36. The zero-order valence-corrected chi connectivity index (χ0v) is 18.0. The Balaban J connectivity index is 1.67. The van der Waals surface area contributed by atoms with Crippen LogP contribution < -0.4 is 5.32 Å². The standard InChI is InChI=1S/C22H23ClN4O3/c1-13(2)16-6-5-7-17(11-16)24-20(28)12-30-22(29)21-18(23)8-9-19(25-21)27-15(4)10-14(3)26-27/h5-11,13H,12H2,1-4H3,(H,24,28). The highest BCUT2D eigenvalue weighted by atomic mass is 35.5. The van der Waals surface area contributed by atoms with Gasteiger partial charge in [-0.3, -0.25) is 4.79 Å². The van der Waals surface area contributed by atoms with Gasteiger partial charge in [0.1, 0.15) is 0 Å².